The van der Waals surface area contributed by atoms with Gasteiger partial charge in [0.2, 0.25) is 0 Å². The van der Waals surface area contributed by atoms with Crippen LogP contribution in [-0.2, 0) is 11.6 Å². The molecular weight excluding hydrogens is 205 g/mol. The molecule has 0 bridgehead atoms. The van der Waals surface area contributed by atoms with Gasteiger partial charge in [-0.05, 0) is 17.7 Å². The Balaban J connectivity index is 3.01. The standard InChI is InChI=1S/C11H13F3O/c1-10(2,7-15)8-3-5-9(6-4-8)11(12,13)14/h3-6,15H,7H2,1-2H3. The minimum Gasteiger partial charge on any atom is -0.395 e. The van der Waals surface area contributed by atoms with Crippen LogP contribution in [0, 0.1) is 0 Å². The van der Waals surface area contributed by atoms with E-state index in [-0.39, 0.29) is 6.61 Å². The minimum atomic E-state index is -4.30. The third-order valence-electron chi connectivity index (χ3n) is 2.39. The molecule has 4 heteroatoms. The van der Waals surface area contributed by atoms with E-state index in [2.05, 4.69) is 0 Å². The zero-order valence-electron chi connectivity index (χ0n) is 8.60. The van der Waals surface area contributed by atoms with Crippen molar-refractivity contribution in [1.29, 1.82) is 0 Å². The zero-order valence-corrected chi connectivity index (χ0v) is 8.60. The van der Waals surface area contributed by atoms with Gasteiger partial charge in [-0.1, -0.05) is 26.0 Å². The highest BCUT2D eigenvalue weighted by Gasteiger charge is 2.30. The fraction of sp³-hybridized carbons (Fsp3) is 0.455. The van der Waals surface area contributed by atoms with Gasteiger partial charge in [-0.25, -0.2) is 0 Å². The van der Waals surface area contributed by atoms with Gasteiger partial charge in [-0.3, -0.25) is 0 Å². The average molecular weight is 218 g/mol. The van der Waals surface area contributed by atoms with Gasteiger partial charge >= 0.3 is 6.18 Å². The van der Waals surface area contributed by atoms with E-state index in [4.69, 9.17) is 5.11 Å². The van der Waals surface area contributed by atoms with Gasteiger partial charge in [0.05, 0.1) is 12.2 Å². The van der Waals surface area contributed by atoms with E-state index < -0.39 is 17.2 Å². The molecule has 0 radical (unpaired) electrons. The minimum absolute atomic E-state index is 0.0988. The van der Waals surface area contributed by atoms with Crippen molar-refractivity contribution in [3.63, 3.8) is 0 Å². The van der Waals surface area contributed by atoms with Gasteiger partial charge in [0.1, 0.15) is 0 Å². The first-order valence-electron chi connectivity index (χ1n) is 4.56. The van der Waals surface area contributed by atoms with Crippen LogP contribution in [-0.4, -0.2) is 11.7 Å². The van der Waals surface area contributed by atoms with Crippen LogP contribution in [0.2, 0.25) is 0 Å². The van der Waals surface area contributed by atoms with Crippen molar-refractivity contribution < 1.29 is 18.3 Å². The molecule has 0 unspecified atom stereocenters. The molecule has 0 aromatic heterocycles. The largest absolute Gasteiger partial charge is 0.416 e. The lowest BCUT2D eigenvalue weighted by Gasteiger charge is -2.22. The second-order valence-electron chi connectivity index (χ2n) is 4.12. The first-order valence-corrected chi connectivity index (χ1v) is 4.56. The molecular formula is C11H13F3O. The topological polar surface area (TPSA) is 20.2 Å². The molecule has 1 nitrogen and oxygen atoms in total. The predicted octanol–water partition coefficient (Wildman–Crippen LogP) is 2.98. The molecule has 0 heterocycles. The van der Waals surface area contributed by atoms with Crippen LogP contribution >= 0.6 is 0 Å². The fourth-order valence-corrected chi connectivity index (χ4v) is 1.20. The smallest absolute Gasteiger partial charge is 0.395 e. The summed E-state index contributed by atoms with van der Waals surface area (Å²) in [6.07, 6.45) is -4.30. The maximum Gasteiger partial charge on any atom is 0.416 e. The molecule has 0 spiro atoms. The van der Waals surface area contributed by atoms with Gasteiger partial charge in [0, 0.05) is 5.41 Å². The van der Waals surface area contributed by atoms with Crippen molar-refractivity contribution in [2.24, 2.45) is 0 Å². The van der Waals surface area contributed by atoms with E-state index in [1.165, 1.54) is 12.1 Å². The molecule has 0 amide bonds. The Labute approximate surface area is 86.5 Å². The van der Waals surface area contributed by atoms with Crippen LogP contribution in [0.1, 0.15) is 25.0 Å². The van der Waals surface area contributed by atoms with Crippen LogP contribution in [0.5, 0.6) is 0 Å². The second kappa shape index (κ2) is 3.85. The van der Waals surface area contributed by atoms with Crippen LogP contribution in [0.4, 0.5) is 13.2 Å². The Hall–Kier alpha value is -1.03. The normalized spacial score (nSPS) is 12.9. The first kappa shape index (κ1) is 12.0. The first-order chi connectivity index (χ1) is 6.77. The van der Waals surface area contributed by atoms with E-state index in [0.717, 1.165) is 12.1 Å². The Morgan fingerprint density at radius 2 is 1.40 bits per heavy atom. The average Bonchev–Trinajstić information content (AvgIpc) is 2.17. The number of aliphatic hydroxyl groups excluding tert-OH is 1. The zero-order chi connectivity index (χ0) is 11.7. The molecule has 0 aliphatic heterocycles. The van der Waals surface area contributed by atoms with Gasteiger partial charge in [-0.15, -0.1) is 0 Å². The molecule has 15 heavy (non-hydrogen) atoms. The highest BCUT2D eigenvalue weighted by atomic mass is 19.4. The van der Waals surface area contributed by atoms with Gasteiger partial charge in [0.25, 0.3) is 0 Å². The Morgan fingerprint density at radius 1 is 1.00 bits per heavy atom. The Morgan fingerprint density at radius 3 is 1.73 bits per heavy atom. The number of hydrogen-bond acceptors (Lipinski definition) is 1. The van der Waals surface area contributed by atoms with Crippen molar-refractivity contribution in [1.82, 2.24) is 0 Å². The van der Waals surface area contributed by atoms with E-state index in [1.54, 1.807) is 13.8 Å². The second-order valence-corrected chi connectivity index (χ2v) is 4.12. The van der Waals surface area contributed by atoms with Crippen LogP contribution in [0.3, 0.4) is 0 Å². The van der Waals surface area contributed by atoms with Gasteiger partial charge < -0.3 is 5.11 Å². The number of aliphatic hydroxyl groups is 1. The van der Waals surface area contributed by atoms with Crippen LogP contribution in [0.25, 0.3) is 0 Å². The third-order valence-corrected chi connectivity index (χ3v) is 2.39. The number of halogens is 3. The molecule has 0 saturated carbocycles. The molecule has 0 aliphatic carbocycles. The quantitative estimate of drug-likeness (QED) is 0.809. The molecule has 84 valence electrons. The molecule has 0 aliphatic rings. The molecule has 0 saturated heterocycles. The van der Waals surface area contributed by atoms with Crippen LogP contribution < -0.4 is 0 Å². The lowest BCUT2D eigenvalue weighted by molar-refractivity contribution is -0.137. The monoisotopic (exact) mass is 218 g/mol. The summed E-state index contributed by atoms with van der Waals surface area (Å²) >= 11 is 0. The number of benzene rings is 1. The molecule has 1 aromatic carbocycles. The lowest BCUT2D eigenvalue weighted by Crippen LogP contribution is -2.22. The van der Waals surface area contributed by atoms with Crippen molar-refractivity contribution in [3.8, 4) is 0 Å². The number of alkyl halides is 3. The van der Waals surface area contributed by atoms with Crippen LogP contribution in [0.15, 0.2) is 24.3 Å². The summed E-state index contributed by atoms with van der Waals surface area (Å²) in [5.74, 6) is 0. The van der Waals surface area contributed by atoms with E-state index in [9.17, 15) is 13.2 Å². The summed E-state index contributed by atoms with van der Waals surface area (Å²) in [6.45, 7) is 3.45. The Kier molecular flexibility index (Phi) is 3.09. The molecule has 0 fully saturated rings. The summed E-state index contributed by atoms with van der Waals surface area (Å²) in [5.41, 5.74) is -0.484. The van der Waals surface area contributed by atoms with Crippen molar-refractivity contribution in [2.45, 2.75) is 25.4 Å². The molecule has 1 aromatic rings. The summed E-state index contributed by atoms with van der Waals surface area (Å²) in [7, 11) is 0. The fourth-order valence-electron chi connectivity index (χ4n) is 1.20. The number of hydrogen-bond donors (Lipinski definition) is 1. The molecule has 0 atom stereocenters. The summed E-state index contributed by atoms with van der Waals surface area (Å²) in [5, 5.41) is 9.05. The highest BCUT2D eigenvalue weighted by Crippen LogP contribution is 2.31. The maximum atomic E-state index is 12.2. The van der Waals surface area contributed by atoms with Crippen molar-refractivity contribution >= 4 is 0 Å². The molecule has 1 rings (SSSR count). The highest BCUT2D eigenvalue weighted by molar-refractivity contribution is 5.29. The van der Waals surface area contributed by atoms with Gasteiger partial charge in [0.15, 0.2) is 0 Å². The van der Waals surface area contributed by atoms with Crippen molar-refractivity contribution in [2.75, 3.05) is 6.61 Å². The number of rotatable bonds is 2. The van der Waals surface area contributed by atoms with E-state index in [0.29, 0.717) is 5.56 Å². The predicted molar refractivity (Wildman–Crippen MR) is 51.6 cm³/mol. The van der Waals surface area contributed by atoms with Crippen molar-refractivity contribution in [3.05, 3.63) is 35.4 Å². The molecule has 1 N–H and O–H groups in total. The van der Waals surface area contributed by atoms with E-state index in [1.807, 2.05) is 0 Å². The summed E-state index contributed by atoms with van der Waals surface area (Å²) in [6, 6.07) is 4.87. The lowest BCUT2D eigenvalue weighted by atomic mass is 9.85. The van der Waals surface area contributed by atoms with Gasteiger partial charge in [-0.2, -0.15) is 13.2 Å². The summed E-state index contributed by atoms with van der Waals surface area (Å²) in [4.78, 5) is 0. The van der Waals surface area contributed by atoms with E-state index >= 15 is 0 Å². The SMILES string of the molecule is CC(C)(CO)c1ccc(C(F)(F)F)cc1. The Bertz CT molecular complexity index is 325. The summed E-state index contributed by atoms with van der Waals surface area (Å²) < 4.78 is 36.7. The third kappa shape index (κ3) is 2.72. The maximum absolute atomic E-state index is 12.2.